The fourth-order valence-corrected chi connectivity index (χ4v) is 2.24. The van der Waals surface area contributed by atoms with Gasteiger partial charge in [0.2, 0.25) is 5.91 Å². The number of nitrogens with zero attached hydrogens (tertiary/aromatic N) is 1. The van der Waals surface area contributed by atoms with E-state index in [1.807, 2.05) is 6.92 Å². The van der Waals surface area contributed by atoms with E-state index in [1.54, 1.807) is 0 Å². The van der Waals surface area contributed by atoms with Gasteiger partial charge in [-0.3, -0.25) is 20.4 Å². The van der Waals surface area contributed by atoms with Crippen molar-refractivity contribution >= 4 is 17.8 Å². The number of hydrogen-bond donors (Lipinski definition) is 2. The van der Waals surface area contributed by atoms with Gasteiger partial charge in [0.1, 0.15) is 11.3 Å². The van der Waals surface area contributed by atoms with Crippen LogP contribution < -0.4 is 5.32 Å². The van der Waals surface area contributed by atoms with Gasteiger partial charge in [-0.05, 0) is 12.8 Å². The molecule has 17 heavy (non-hydrogen) atoms. The van der Waals surface area contributed by atoms with Crippen LogP contribution in [0.5, 0.6) is 0 Å². The molecule has 1 atom stereocenters. The Balaban J connectivity index is 2.91. The van der Waals surface area contributed by atoms with Gasteiger partial charge in [0.15, 0.2) is 0 Å². The Morgan fingerprint density at radius 1 is 1.29 bits per heavy atom. The maximum absolute atomic E-state index is 12.0. The monoisotopic (exact) mass is 239 g/mol. The number of unbranched alkanes of at least 4 members (excludes halogenated alkanes) is 2. The third-order valence-corrected chi connectivity index (χ3v) is 3.56. The summed E-state index contributed by atoms with van der Waals surface area (Å²) in [5, 5.41) is 10.4. The predicted molar refractivity (Wildman–Crippen MR) is 65.9 cm³/mol. The molecule has 0 radical (unpaired) electrons. The van der Waals surface area contributed by atoms with Crippen molar-refractivity contribution in [1.82, 2.24) is 10.2 Å². The van der Waals surface area contributed by atoms with Crippen molar-refractivity contribution in [1.29, 1.82) is 5.41 Å². The van der Waals surface area contributed by atoms with E-state index >= 15 is 0 Å². The number of rotatable bonds is 5. The van der Waals surface area contributed by atoms with E-state index in [0.717, 1.165) is 19.3 Å². The van der Waals surface area contributed by atoms with Crippen LogP contribution in [0.1, 0.15) is 46.0 Å². The lowest BCUT2D eigenvalue weighted by Crippen LogP contribution is -2.62. The number of urea groups is 1. The molecule has 96 valence electrons. The molecule has 0 aromatic heterocycles. The van der Waals surface area contributed by atoms with Crippen molar-refractivity contribution in [2.24, 2.45) is 5.41 Å². The first-order chi connectivity index (χ1) is 7.99. The van der Waals surface area contributed by atoms with Crippen LogP contribution in [-0.4, -0.2) is 29.7 Å². The Morgan fingerprint density at radius 3 is 2.47 bits per heavy atom. The summed E-state index contributed by atoms with van der Waals surface area (Å²) in [6.07, 6.45) is 4.21. The van der Waals surface area contributed by atoms with E-state index in [1.165, 1.54) is 11.9 Å². The molecule has 1 aliphatic heterocycles. The van der Waals surface area contributed by atoms with Gasteiger partial charge in [0, 0.05) is 7.05 Å². The highest BCUT2D eigenvalue weighted by atomic mass is 16.2. The number of amides is 3. The largest absolute Gasteiger partial charge is 0.329 e. The summed E-state index contributed by atoms with van der Waals surface area (Å²) in [4.78, 5) is 24.6. The molecule has 3 amide bonds. The molecule has 0 spiro atoms. The molecule has 0 aliphatic carbocycles. The molecule has 0 unspecified atom stereocenters. The lowest BCUT2D eigenvalue weighted by molar-refractivity contribution is -0.128. The van der Waals surface area contributed by atoms with E-state index in [9.17, 15) is 9.59 Å². The fourth-order valence-electron chi connectivity index (χ4n) is 2.24. The van der Waals surface area contributed by atoms with Gasteiger partial charge in [-0.15, -0.1) is 0 Å². The lowest BCUT2D eigenvalue weighted by Gasteiger charge is -2.39. The Kier molecular flexibility index (Phi) is 4.26. The van der Waals surface area contributed by atoms with Gasteiger partial charge >= 0.3 is 6.03 Å². The summed E-state index contributed by atoms with van der Waals surface area (Å²) in [5.41, 5.74) is -0.822. The molecule has 0 saturated carbocycles. The number of amidine groups is 1. The van der Waals surface area contributed by atoms with Crippen LogP contribution in [0, 0.1) is 10.8 Å². The first-order valence-electron chi connectivity index (χ1n) is 6.17. The number of imide groups is 1. The highest BCUT2D eigenvalue weighted by Crippen LogP contribution is 2.34. The van der Waals surface area contributed by atoms with Gasteiger partial charge < -0.3 is 0 Å². The molecule has 1 fully saturated rings. The molecule has 0 bridgehead atoms. The average Bonchev–Trinajstić information content (AvgIpc) is 2.31. The second-order valence-electron chi connectivity index (χ2n) is 4.56. The molecule has 1 rings (SSSR count). The second kappa shape index (κ2) is 5.29. The average molecular weight is 239 g/mol. The Labute approximate surface area is 102 Å². The van der Waals surface area contributed by atoms with Crippen molar-refractivity contribution in [2.75, 3.05) is 7.05 Å². The standard InChI is InChI=1S/C12H21N3O2/c1-4-6-7-8-12(5-2)9(13)15(3)11(17)14-10(12)16/h13H,4-8H2,1-3H3,(H,14,16,17)/t12-/m0/s1. The van der Waals surface area contributed by atoms with E-state index in [2.05, 4.69) is 12.2 Å². The smallest absolute Gasteiger partial charge is 0.287 e. The van der Waals surface area contributed by atoms with Crippen molar-refractivity contribution in [3.63, 3.8) is 0 Å². The minimum Gasteiger partial charge on any atom is -0.287 e. The molecule has 2 N–H and O–H groups in total. The van der Waals surface area contributed by atoms with E-state index < -0.39 is 11.4 Å². The van der Waals surface area contributed by atoms with Gasteiger partial charge in [-0.25, -0.2) is 4.79 Å². The summed E-state index contributed by atoms with van der Waals surface area (Å²) in [7, 11) is 1.54. The van der Waals surface area contributed by atoms with Crippen molar-refractivity contribution in [3.8, 4) is 0 Å². The van der Waals surface area contributed by atoms with Crippen molar-refractivity contribution in [2.45, 2.75) is 46.0 Å². The van der Waals surface area contributed by atoms with Crippen LogP contribution in [-0.2, 0) is 4.79 Å². The summed E-state index contributed by atoms with van der Waals surface area (Å²) in [6.45, 7) is 3.99. The van der Waals surface area contributed by atoms with Crippen LogP contribution in [0.4, 0.5) is 4.79 Å². The van der Waals surface area contributed by atoms with Gasteiger partial charge in [-0.2, -0.15) is 0 Å². The zero-order chi connectivity index (χ0) is 13.1. The highest BCUT2D eigenvalue weighted by molar-refractivity contribution is 6.19. The number of hydrogen-bond acceptors (Lipinski definition) is 3. The molecule has 5 heteroatoms. The predicted octanol–water partition coefficient (Wildman–Crippen LogP) is 2.12. The highest BCUT2D eigenvalue weighted by Gasteiger charge is 2.48. The summed E-state index contributed by atoms with van der Waals surface area (Å²) in [5.74, 6) is -0.186. The second-order valence-corrected chi connectivity index (χ2v) is 4.56. The number of nitrogens with one attached hydrogen (secondary N) is 2. The molecule has 1 aliphatic rings. The number of carbonyl (C=O) groups is 2. The first-order valence-corrected chi connectivity index (χ1v) is 6.17. The molecular weight excluding hydrogens is 218 g/mol. The quantitative estimate of drug-likeness (QED) is 0.721. The number of carbonyl (C=O) groups excluding carboxylic acids is 2. The van der Waals surface area contributed by atoms with Crippen LogP contribution >= 0.6 is 0 Å². The van der Waals surface area contributed by atoms with E-state index in [-0.39, 0.29) is 11.7 Å². The summed E-state index contributed by atoms with van der Waals surface area (Å²) in [6, 6.07) is -0.500. The lowest BCUT2D eigenvalue weighted by atomic mass is 9.76. The third kappa shape index (κ3) is 2.33. The maximum Gasteiger partial charge on any atom is 0.329 e. The zero-order valence-electron chi connectivity index (χ0n) is 10.8. The van der Waals surface area contributed by atoms with Gasteiger partial charge in [-0.1, -0.05) is 33.1 Å². The maximum atomic E-state index is 12.0. The molecular formula is C12H21N3O2. The van der Waals surface area contributed by atoms with Crippen LogP contribution in [0.3, 0.4) is 0 Å². The Bertz CT molecular complexity index is 341. The third-order valence-electron chi connectivity index (χ3n) is 3.56. The van der Waals surface area contributed by atoms with Gasteiger partial charge in [0.05, 0.1) is 0 Å². The minimum atomic E-state index is -0.822. The summed E-state index contributed by atoms with van der Waals surface area (Å²) < 4.78 is 0. The van der Waals surface area contributed by atoms with Crippen LogP contribution in [0.15, 0.2) is 0 Å². The SMILES string of the molecule is CCCCC[C@@]1(CC)C(=N)N(C)C(=O)NC1=O. The van der Waals surface area contributed by atoms with Crippen molar-refractivity contribution < 1.29 is 9.59 Å². The molecule has 1 saturated heterocycles. The first kappa shape index (κ1) is 13.7. The zero-order valence-corrected chi connectivity index (χ0v) is 10.8. The Hall–Kier alpha value is -1.39. The van der Waals surface area contributed by atoms with Crippen LogP contribution in [0.25, 0.3) is 0 Å². The van der Waals surface area contributed by atoms with Gasteiger partial charge in [0.25, 0.3) is 0 Å². The Morgan fingerprint density at radius 2 is 1.94 bits per heavy atom. The molecule has 1 heterocycles. The van der Waals surface area contributed by atoms with E-state index in [4.69, 9.17) is 5.41 Å². The molecule has 0 aromatic carbocycles. The van der Waals surface area contributed by atoms with Crippen molar-refractivity contribution in [3.05, 3.63) is 0 Å². The van der Waals surface area contributed by atoms with E-state index in [0.29, 0.717) is 12.8 Å². The van der Waals surface area contributed by atoms with Crippen LogP contribution in [0.2, 0.25) is 0 Å². The fraction of sp³-hybridized carbons (Fsp3) is 0.750. The normalized spacial score (nSPS) is 25.1. The minimum absolute atomic E-state index is 0.129. The molecule has 5 nitrogen and oxygen atoms in total. The summed E-state index contributed by atoms with van der Waals surface area (Å²) >= 11 is 0. The molecule has 0 aromatic rings. The topological polar surface area (TPSA) is 73.3 Å².